The van der Waals surface area contributed by atoms with Crippen molar-refractivity contribution in [2.24, 2.45) is 7.05 Å². The molecule has 1 N–H and O–H groups in total. The summed E-state index contributed by atoms with van der Waals surface area (Å²) in [6.45, 7) is 5.01. The normalized spacial score (nSPS) is 16.5. The van der Waals surface area contributed by atoms with E-state index in [1.165, 1.54) is 0 Å². The Labute approximate surface area is 174 Å². The van der Waals surface area contributed by atoms with Crippen LogP contribution in [-0.2, 0) is 24.8 Å². The van der Waals surface area contributed by atoms with E-state index in [1.807, 2.05) is 20.0 Å². The van der Waals surface area contributed by atoms with E-state index in [2.05, 4.69) is 10.4 Å². The third kappa shape index (κ3) is 3.95. The Hall–Kier alpha value is -2.58. The molecule has 0 bridgehead atoms. The Morgan fingerprint density at radius 3 is 2.69 bits per heavy atom. The van der Waals surface area contributed by atoms with Crippen molar-refractivity contribution in [3.63, 3.8) is 0 Å². The molecule has 1 aromatic carbocycles. The van der Waals surface area contributed by atoms with Crippen molar-refractivity contribution in [2.45, 2.75) is 19.9 Å². The predicted molar refractivity (Wildman–Crippen MR) is 109 cm³/mol. The molecule has 0 spiro atoms. The Bertz CT molecular complexity index is 952. The van der Waals surface area contributed by atoms with E-state index in [1.54, 1.807) is 26.6 Å². The fraction of sp³-hybridized carbons (Fsp3) is 0.450. The molecule has 2 aliphatic rings. The number of hydrogen-bond donors (Lipinski definition) is 1. The van der Waals surface area contributed by atoms with Crippen LogP contribution in [0, 0.1) is 6.92 Å². The lowest BCUT2D eigenvalue weighted by Crippen LogP contribution is -2.42. The summed E-state index contributed by atoms with van der Waals surface area (Å²) >= 11 is 6.06. The van der Waals surface area contributed by atoms with Gasteiger partial charge in [-0.25, -0.2) is 4.79 Å². The van der Waals surface area contributed by atoms with Gasteiger partial charge in [-0.15, -0.1) is 0 Å². The van der Waals surface area contributed by atoms with Crippen molar-refractivity contribution >= 4 is 29.2 Å². The summed E-state index contributed by atoms with van der Waals surface area (Å²) in [5, 5.41) is 7.98. The molecule has 1 saturated heterocycles. The maximum Gasteiger partial charge on any atom is 0.322 e. The first-order chi connectivity index (χ1) is 13.9. The topological polar surface area (TPSA) is 79.7 Å². The van der Waals surface area contributed by atoms with E-state index < -0.39 is 0 Å². The number of amides is 3. The molecular weight excluding hydrogens is 394 g/mol. The fourth-order valence-electron chi connectivity index (χ4n) is 3.78. The third-order valence-corrected chi connectivity index (χ3v) is 5.71. The number of carbonyl (C=O) groups excluding carboxylic acids is 2. The highest BCUT2D eigenvalue weighted by molar-refractivity contribution is 6.31. The lowest BCUT2D eigenvalue weighted by Gasteiger charge is -2.29. The highest BCUT2D eigenvalue weighted by atomic mass is 35.5. The molecule has 1 fully saturated rings. The summed E-state index contributed by atoms with van der Waals surface area (Å²) in [6, 6.07) is 5.18. The molecule has 0 aliphatic carbocycles. The molecular formula is C20H24ClN5O3. The van der Waals surface area contributed by atoms with Crippen LogP contribution < -0.4 is 5.32 Å². The molecule has 3 heterocycles. The molecule has 9 heteroatoms. The van der Waals surface area contributed by atoms with Gasteiger partial charge in [0.1, 0.15) is 0 Å². The number of carbonyl (C=O) groups is 2. The van der Waals surface area contributed by atoms with E-state index in [0.29, 0.717) is 62.2 Å². The number of aromatic nitrogens is 2. The Balaban J connectivity index is 1.53. The van der Waals surface area contributed by atoms with E-state index in [0.717, 1.165) is 16.8 Å². The molecule has 2 aromatic rings. The summed E-state index contributed by atoms with van der Waals surface area (Å²) < 4.78 is 7.10. The van der Waals surface area contributed by atoms with Crippen LogP contribution in [0.1, 0.15) is 27.3 Å². The van der Waals surface area contributed by atoms with Crippen LogP contribution in [0.3, 0.4) is 0 Å². The third-order valence-electron chi connectivity index (χ3n) is 5.47. The highest BCUT2D eigenvalue weighted by Gasteiger charge is 2.31. The summed E-state index contributed by atoms with van der Waals surface area (Å²) in [6.07, 6.45) is 0.650. The molecule has 0 radical (unpaired) electrons. The van der Waals surface area contributed by atoms with Crippen molar-refractivity contribution in [1.29, 1.82) is 0 Å². The van der Waals surface area contributed by atoms with Crippen LogP contribution in [0.25, 0.3) is 0 Å². The number of ether oxygens (including phenoxy) is 1. The van der Waals surface area contributed by atoms with E-state index in [4.69, 9.17) is 16.3 Å². The standard InChI is InChI=1S/C20H24ClN5O3/c1-13-3-4-14(21)11-16(13)22-20(28)26-6-5-17-15(12-26)18(23-24(17)2)19(27)25-7-9-29-10-8-25/h3-4,11H,5-10,12H2,1-2H3,(H,22,28). The number of hydrogen-bond acceptors (Lipinski definition) is 4. The molecule has 1 aromatic heterocycles. The first-order valence-electron chi connectivity index (χ1n) is 9.68. The average molecular weight is 418 g/mol. The van der Waals surface area contributed by atoms with Crippen LogP contribution >= 0.6 is 11.6 Å². The SMILES string of the molecule is Cc1ccc(Cl)cc1NC(=O)N1CCc2c(c(C(=O)N3CCOCC3)nn2C)C1. The van der Waals surface area contributed by atoms with Crippen LogP contribution in [0.4, 0.5) is 10.5 Å². The summed E-state index contributed by atoms with van der Waals surface area (Å²) in [7, 11) is 1.85. The molecule has 0 saturated carbocycles. The second-order valence-corrected chi connectivity index (χ2v) is 7.80. The first kappa shape index (κ1) is 19.7. The second kappa shape index (κ2) is 8.04. The number of halogens is 1. The number of rotatable bonds is 2. The number of aryl methyl sites for hydroxylation is 2. The molecule has 2 aliphatic heterocycles. The summed E-state index contributed by atoms with van der Waals surface area (Å²) in [4.78, 5) is 29.3. The van der Waals surface area contributed by atoms with Crippen molar-refractivity contribution < 1.29 is 14.3 Å². The minimum Gasteiger partial charge on any atom is -0.378 e. The Kier molecular flexibility index (Phi) is 5.47. The number of fused-ring (bicyclic) bond motifs is 1. The second-order valence-electron chi connectivity index (χ2n) is 7.36. The average Bonchev–Trinajstić information content (AvgIpc) is 3.06. The number of anilines is 1. The van der Waals surface area contributed by atoms with Gasteiger partial charge in [-0.3, -0.25) is 9.48 Å². The number of morpholine rings is 1. The minimum absolute atomic E-state index is 0.0990. The quantitative estimate of drug-likeness (QED) is 0.813. The number of nitrogens with zero attached hydrogens (tertiary/aromatic N) is 4. The number of benzene rings is 1. The monoisotopic (exact) mass is 417 g/mol. The molecule has 0 unspecified atom stereocenters. The zero-order valence-corrected chi connectivity index (χ0v) is 17.3. The van der Waals surface area contributed by atoms with Gasteiger partial charge >= 0.3 is 6.03 Å². The van der Waals surface area contributed by atoms with Gasteiger partial charge in [0.05, 0.1) is 19.8 Å². The molecule has 8 nitrogen and oxygen atoms in total. The Morgan fingerprint density at radius 2 is 1.93 bits per heavy atom. The molecule has 4 rings (SSSR count). The van der Waals surface area contributed by atoms with Gasteiger partial charge < -0.3 is 19.9 Å². The van der Waals surface area contributed by atoms with Gasteiger partial charge in [0.25, 0.3) is 5.91 Å². The predicted octanol–water partition coefficient (Wildman–Crippen LogP) is 2.44. The zero-order chi connectivity index (χ0) is 20.5. The van der Waals surface area contributed by atoms with E-state index >= 15 is 0 Å². The zero-order valence-electron chi connectivity index (χ0n) is 16.6. The van der Waals surface area contributed by atoms with Crippen molar-refractivity contribution in [1.82, 2.24) is 19.6 Å². The van der Waals surface area contributed by atoms with Crippen LogP contribution in [0.2, 0.25) is 5.02 Å². The molecule has 29 heavy (non-hydrogen) atoms. The number of nitrogens with one attached hydrogen (secondary N) is 1. The fourth-order valence-corrected chi connectivity index (χ4v) is 3.95. The van der Waals surface area contributed by atoms with Gasteiger partial charge in [-0.05, 0) is 24.6 Å². The van der Waals surface area contributed by atoms with Crippen molar-refractivity contribution in [2.75, 3.05) is 38.2 Å². The maximum absolute atomic E-state index is 13.0. The van der Waals surface area contributed by atoms with Gasteiger partial charge in [0.2, 0.25) is 0 Å². The van der Waals surface area contributed by atoms with Gasteiger partial charge in [-0.2, -0.15) is 5.10 Å². The molecule has 154 valence electrons. The molecule has 0 atom stereocenters. The van der Waals surface area contributed by atoms with Crippen molar-refractivity contribution in [3.8, 4) is 0 Å². The van der Waals surface area contributed by atoms with Crippen LogP contribution in [0.5, 0.6) is 0 Å². The van der Waals surface area contributed by atoms with E-state index in [-0.39, 0.29) is 11.9 Å². The van der Waals surface area contributed by atoms with Crippen molar-refractivity contribution in [3.05, 3.63) is 45.7 Å². The summed E-state index contributed by atoms with van der Waals surface area (Å²) in [5.74, 6) is -0.0990. The smallest absolute Gasteiger partial charge is 0.322 e. The van der Waals surface area contributed by atoms with Gasteiger partial charge in [0.15, 0.2) is 5.69 Å². The lowest BCUT2D eigenvalue weighted by molar-refractivity contribution is 0.0297. The largest absolute Gasteiger partial charge is 0.378 e. The minimum atomic E-state index is -0.213. The van der Waals surface area contributed by atoms with Crippen LogP contribution in [-0.4, -0.2) is 64.4 Å². The molecule has 3 amide bonds. The van der Waals surface area contributed by atoms with E-state index in [9.17, 15) is 9.59 Å². The maximum atomic E-state index is 13.0. The summed E-state index contributed by atoms with van der Waals surface area (Å²) in [5.41, 5.74) is 3.88. The lowest BCUT2D eigenvalue weighted by atomic mass is 10.0. The number of urea groups is 1. The Morgan fingerprint density at radius 1 is 1.17 bits per heavy atom. The van der Waals surface area contributed by atoms with Gasteiger partial charge in [0, 0.05) is 55.1 Å². The highest BCUT2D eigenvalue weighted by Crippen LogP contribution is 2.25. The van der Waals surface area contributed by atoms with Gasteiger partial charge in [-0.1, -0.05) is 17.7 Å². The van der Waals surface area contributed by atoms with Crippen LogP contribution in [0.15, 0.2) is 18.2 Å². The first-order valence-corrected chi connectivity index (χ1v) is 10.1.